The molecule has 112 valence electrons. The van der Waals surface area contributed by atoms with Crippen molar-refractivity contribution in [3.05, 3.63) is 68.4 Å². The fraction of sp³-hybridized carbons (Fsp3) is 0.294. The van der Waals surface area contributed by atoms with Crippen LogP contribution in [0, 0.1) is 12.7 Å². The van der Waals surface area contributed by atoms with E-state index in [4.69, 9.17) is 11.6 Å². The van der Waals surface area contributed by atoms with Crippen LogP contribution in [0.2, 0.25) is 5.02 Å². The average molecular weight is 371 g/mol. The van der Waals surface area contributed by atoms with E-state index in [9.17, 15) is 4.39 Å². The molecule has 0 aromatic heterocycles. The predicted octanol–water partition coefficient (Wildman–Crippen LogP) is 5.64. The number of hydrogen-bond acceptors (Lipinski definition) is 1. The standard InChI is InChI=1S/C17H18BrClFN/c1-3-8-21-17(14-6-4-12(18)9-11(14)2)15-7-5-13(19)10-16(15)20/h4-7,9-10,17,21H,3,8H2,1-2H3. The van der Waals surface area contributed by atoms with Crippen LogP contribution in [0.3, 0.4) is 0 Å². The Bertz CT molecular complexity index is 579. The molecule has 0 saturated carbocycles. The first-order chi connectivity index (χ1) is 10.0. The minimum Gasteiger partial charge on any atom is -0.306 e. The summed E-state index contributed by atoms with van der Waals surface area (Å²) in [6.07, 6.45) is 0.987. The number of hydrogen-bond donors (Lipinski definition) is 1. The Balaban J connectivity index is 2.46. The van der Waals surface area contributed by atoms with Crippen molar-refractivity contribution in [2.75, 3.05) is 6.54 Å². The molecule has 0 radical (unpaired) electrons. The van der Waals surface area contributed by atoms with Gasteiger partial charge in [0.05, 0.1) is 6.04 Å². The first-order valence-electron chi connectivity index (χ1n) is 6.97. The first-order valence-corrected chi connectivity index (χ1v) is 8.14. The van der Waals surface area contributed by atoms with Crippen LogP contribution in [0.5, 0.6) is 0 Å². The van der Waals surface area contributed by atoms with Crippen LogP contribution in [0.15, 0.2) is 40.9 Å². The summed E-state index contributed by atoms with van der Waals surface area (Å²) in [5.41, 5.74) is 2.82. The second-order valence-corrected chi connectivity index (χ2v) is 6.41. The molecule has 0 bridgehead atoms. The fourth-order valence-corrected chi connectivity index (χ4v) is 3.01. The van der Waals surface area contributed by atoms with Gasteiger partial charge in [-0.1, -0.05) is 46.6 Å². The third-order valence-electron chi connectivity index (χ3n) is 3.41. The molecule has 21 heavy (non-hydrogen) atoms. The van der Waals surface area contributed by atoms with E-state index in [1.165, 1.54) is 6.07 Å². The molecule has 1 N–H and O–H groups in total. The zero-order valence-corrected chi connectivity index (χ0v) is 14.4. The Morgan fingerprint density at radius 3 is 2.52 bits per heavy atom. The van der Waals surface area contributed by atoms with E-state index < -0.39 is 0 Å². The van der Waals surface area contributed by atoms with Crippen LogP contribution in [0.25, 0.3) is 0 Å². The number of halogens is 3. The Kier molecular flexibility index (Phi) is 5.80. The molecule has 1 atom stereocenters. The zero-order valence-electron chi connectivity index (χ0n) is 12.1. The normalized spacial score (nSPS) is 12.4. The van der Waals surface area contributed by atoms with Gasteiger partial charge in [0.25, 0.3) is 0 Å². The van der Waals surface area contributed by atoms with E-state index in [-0.39, 0.29) is 11.9 Å². The molecule has 4 heteroatoms. The topological polar surface area (TPSA) is 12.0 Å². The summed E-state index contributed by atoms with van der Waals surface area (Å²) in [6.45, 7) is 4.95. The van der Waals surface area contributed by atoms with Crippen molar-refractivity contribution in [1.82, 2.24) is 5.32 Å². The molecular weight excluding hydrogens is 353 g/mol. The number of nitrogens with one attached hydrogen (secondary N) is 1. The third-order valence-corrected chi connectivity index (χ3v) is 4.14. The molecule has 0 aliphatic heterocycles. The molecule has 0 saturated heterocycles. The second-order valence-electron chi connectivity index (χ2n) is 5.05. The van der Waals surface area contributed by atoms with Crippen molar-refractivity contribution >= 4 is 27.5 Å². The second kappa shape index (κ2) is 7.39. The average Bonchev–Trinajstić information content (AvgIpc) is 2.42. The van der Waals surface area contributed by atoms with Gasteiger partial charge in [-0.05, 0) is 55.3 Å². The van der Waals surface area contributed by atoms with Crippen LogP contribution in [-0.4, -0.2) is 6.54 Å². The quantitative estimate of drug-likeness (QED) is 0.718. The van der Waals surface area contributed by atoms with Gasteiger partial charge in [-0.3, -0.25) is 0 Å². The lowest BCUT2D eigenvalue weighted by atomic mass is 9.94. The summed E-state index contributed by atoms with van der Waals surface area (Å²) in [4.78, 5) is 0. The van der Waals surface area contributed by atoms with Crippen LogP contribution < -0.4 is 5.32 Å². The van der Waals surface area contributed by atoms with Crippen molar-refractivity contribution in [1.29, 1.82) is 0 Å². The highest BCUT2D eigenvalue weighted by Gasteiger charge is 2.19. The molecule has 0 fully saturated rings. The maximum atomic E-state index is 14.3. The zero-order chi connectivity index (χ0) is 15.4. The number of rotatable bonds is 5. The molecule has 2 rings (SSSR count). The lowest BCUT2D eigenvalue weighted by Crippen LogP contribution is -2.24. The van der Waals surface area contributed by atoms with Crippen LogP contribution in [-0.2, 0) is 0 Å². The molecule has 0 spiro atoms. The lowest BCUT2D eigenvalue weighted by Gasteiger charge is -2.22. The van der Waals surface area contributed by atoms with Gasteiger partial charge in [0.2, 0.25) is 0 Å². The molecule has 2 aromatic carbocycles. The number of benzene rings is 2. The summed E-state index contributed by atoms with van der Waals surface area (Å²) >= 11 is 9.32. The molecule has 0 heterocycles. The van der Waals surface area contributed by atoms with Gasteiger partial charge in [0, 0.05) is 15.1 Å². The number of aryl methyl sites for hydroxylation is 1. The van der Waals surface area contributed by atoms with E-state index in [1.54, 1.807) is 12.1 Å². The van der Waals surface area contributed by atoms with Gasteiger partial charge in [-0.2, -0.15) is 0 Å². The highest BCUT2D eigenvalue weighted by atomic mass is 79.9. The Hall–Kier alpha value is -0.900. The van der Waals surface area contributed by atoms with Gasteiger partial charge in [-0.25, -0.2) is 4.39 Å². The predicted molar refractivity (Wildman–Crippen MR) is 90.4 cm³/mol. The largest absolute Gasteiger partial charge is 0.306 e. The minimum atomic E-state index is -0.279. The van der Waals surface area contributed by atoms with Crippen molar-refractivity contribution in [3.63, 3.8) is 0 Å². The van der Waals surface area contributed by atoms with Crippen molar-refractivity contribution in [2.24, 2.45) is 0 Å². The summed E-state index contributed by atoms with van der Waals surface area (Å²) in [7, 11) is 0. The Morgan fingerprint density at radius 1 is 1.19 bits per heavy atom. The smallest absolute Gasteiger partial charge is 0.129 e. The monoisotopic (exact) mass is 369 g/mol. The van der Waals surface area contributed by atoms with E-state index in [1.807, 2.05) is 25.1 Å². The van der Waals surface area contributed by atoms with Crippen LogP contribution in [0.1, 0.15) is 36.1 Å². The third kappa shape index (κ3) is 4.06. The molecule has 0 aliphatic rings. The summed E-state index contributed by atoms with van der Waals surface area (Å²) in [6, 6.07) is 10.7. The van der Waals surface area contributed by atoms with E-state index >= 15 is 0 Å². The Morgan fingerprint density at radius 2 is 1.90 bits per heavy atom. The maximum Gasteiger partial charge on any atom is 0.129 e. The van der Waals surface area contributed by atoms with Gasteiger partial charge < -0.3 is 5.32 Å². The van der Waals surface area contributed by atoms with Gasteiger partial charge in [0.1, 0.15) is 5.82 Å². The van der Waals surface area contributed by atoms with E-state index in [2.05, 4.69) is 28.2 Å². The van der Waals surface area contributed by atoms with Crippen molar-refractivity contribution in [3.8, 4) is 0 Å². The SMILES string of the molecule is CCCNC(c1ccc(Br)cc1C)c1ccc(Cl)cc1F. The minimum absolute atomic E-state index is 0.171. The molecular formula is C17H18BrClFN. The van der Waals surface area contributed by atoms with Crippen molar-refractivity contribution in [2.45, 2.75) is 26.3 Å². The van der Waals surface area contributed by atoms with Crippen LogP contribution in [0.4, 0.5) is 4.39 Å². The van der Waals surface area contributed by atoms with E-state index in [0.717, 1.165) is 28.6 Å². The van der Waals surface area contributed by atoms with Gasteiger partial charge in [-0.15, -0.1) is 0 Å². The fourth-order valence-electron chi connectivity index (χ4n) is 2.37. The summed E-state index contributed by atoms with van der Waals surface area (Å²) in [5.74, 6) is -0.279. The molecule has 0 amide bonds. The highest BCUT2D eigenvalue weighted by Crippen LogP contribution is 2.29. The maximum absolute atomic E-state index is 14.3. The molecule has 0 aliphatic carbocycles. The van der Waals surface area contributed by atoms with E-state index in [0.29, 0.717) is 10.6 Å². The van der Waals surface area contributed by atoms with Crippen molar-refractivity contribution < 1.29 is 4.39 Å². The molecule has 2 aromatic rings. The van der Waals surface area contributed by atoms with Gasteiger partial charge >= 0.3 is 0 Å². The summed E-state index contributed by atoms with van der Waals surface area (Å²) < 4.78 is 15.3. The lowest BCUT2D eigenvalue weighted by molar-refractivity contribution is 0.545. The summed E-state index contributed by atoms with van der Waals surface area (Å²) in [5, 5.41) is 3.84. The van der Waals surface area contributed by atoms with Gasteiger partial charge in [0.15, 0.2) is 0 Å². The first kappa shape index (κ1) is 16.5. The highest BCUT2D eigenvalue weighted by molar-refractivity contribution is 9.10. The Labute approximate surface area is 138 Å². The molecule has 1 nitrogen and oxygen atoms in total. The van der Waals surface area contributed by atoms with Crippen LogP contribution >= 0.6 is 27.5 Å². The molecule has 1 unspecified atom stereocenters.